The summed E-state index contributed by atoms with van der Waals surface area (Å²) in [6.45, 7) is 3.34. The maximum absolute atomic E-state index is 10.6. The molecule has 0 radical (unpaired) electrons. The van der Waals surface area contributed by atoms with Gasteiger partial charge in [0.15, 0.2) is 0 Å². The Morgan fingerprint density at radius 2 is 1.29 bits per heavy atom. The van der Waals surface area contributed by atoms with Crippen LogP contribution in [0.2, 0.25) is 0 Å². The third-order valence-corrected chi connectivity index (χ3v) is 5.99. The number of carboxylic acid groups (broad SMARTS) is 3. The molecule has 21 heteroatoms. The van der Waals surface area contributed by atoms with Crippen molar-refractivity contribution in [3.63, 3.8) is 0 Å². The fourth-order valence-electron chi connectivity index (χ4n) is 3.89. The molecule has 0 aliphatic carbocycles. The van der Waals surface area contributed by atoms with Gasteiger partial charge in [-0.3, -0.25) is 19.5 Å². The molecule has 0 spiro atoms. The lowest BCUT2D eigenvalue weighted by molar-refractivity contribution is -0.193. The Hall–Kier alpha value is -5.47. The zero-order valence-corrected chi connectivity index (χ0v) is 24.8. The molecule has 49 heavy (non-hydrogen) atoms. The van der Waals surface area contributed by atoms with Crippen LogP contribution in [0.4, 0.5) is 39.5 Å². The van der Waals surface area contributed by atoms with Gasteiger partial charge in [0.25, 0.3) is 0 Å². The van der Waals surface area contributed by atoms with Crippen molar-refractivity contribution in [1.29, 1.82) is 0 Å². The number of nitrogens with zero attached hydrogens (tertiary/aromatic N) is 6. The summed E-state index contributed by atoms with van der Waals surface area (Å²) in [5.74, 6) is -8.27. The second-order valence-electron chi connectivity index (χ2n) is 9.72. The van der Waals surface area contributed by atoms with Crippen LogP contribution in [0.15, 0.2) is 67.4 Å². The quantitative estimate of drug-likeness (QED) is 0.242. The van der Waals surface area contributed by atoms with Crippen molar-refractivity contribution in [3.8, 4) is 11.3 Å². The molecule has 0 bridgehead atoms. The van der Waals surface area contributed by atoms with Gasteiger partial charge in [-0.2, -0.15) is 44.6 Å². The SMILES string of the molecule is Cn1ccc2c1CN(Cc1ccncc1)Cc1cn(Cc3ccccn3)nc1-2.O=C(O)C(F)(F)F.O=C(O)C(F)(F)F.O=C(O)C(F)(F)F. The zero-order chi connectivity index (χ0) is 37.2. The molecule has 3 N–H and O–H groups in total. The number of carbonyl (C=O) groups is 3. The van der Waals surface area contributed by atoms with Gasteiger partial charge in [0.1, 0.15) is 0 Å². The fourth-order valence-corrected chi connectivity index (χ4v) is 3.89. The Bertz CT molecular complexity index is 1630. The van der Waals surface area contributed by atoms with E-state index in [0.29, 0.717) is 6.54 Å². The Morgan fingerprint density at radius 1 is 0.755 bits per heavy atom. The summed E-state index contributed by atoms with van der Waals surface area (Å²) in [6, 6.07) is 12.3. The Balaban J connectivity index is 0.000000325. The lowest BCUT2D eigenvalue weighted by atomic mass is 10.1. The van der Waals surface area contributed by atoms with E-state index in [2.05, 4.69) is 57.1 Å². The molecular weight excluding hydrogens is 687 g/mol. The van der Waals surface area contributed by atoms with Gasteiger partial charge in [0.2, 0.25) is 0 Å². The van der Waals surface area contributed by atoms with Crippen LogP contribution < -0.4 is 0 Å². The first-order valence-corrected chi connectivity index (χ1v) is 13.2. The smallest absolute Gasteiger partial charge is 0.475 e. The third kappa shape index (κ3) is 12.9. The van der Waals surface area contributed by atoms with Gasteiger partial charge in [-0.1, -0.05) is 6.07 Å². The van der Waals surface area contributed by atoms with Crippen LogP contribution in [0.3, 0.4) is 0 Å². The van der Waals surface area contributed by atoms with Crippen molar-refractivity contribution < 1.29 is 69.2 Å². The number of halogens is 9. The van der Waals surface area contributed by atoms with Gasteiger partial charge < -0.3 is 19.9 Å². The summed E-state index contributed by atoms with van der Waals surface area (Å²) in [6.07, 6.45) is -5.40. The van der Waals surface area contributed by atoms with E-state index in [-0.39, 0.29) is 0 Å². The van der Waals surface area contributed by atoms with Crippen molar-refractivity contribution in [3.05, 3.63) is 89.9 Å². The molecule has 1 aliphatic heterocycles. The lowest BCUT2D eigenvalue weighted by Crippen LogP contribution is -2.22. The largest absolute Gasteiger partial charge is 0.490 e. The predicted octanol–water partition coefficient (Wildman–Crippen LogP) is 5.14. The van der Waals surface area contributed by atoms with Gasteiger partial charge in [0, 0.05) is 74.5 Å². The number of alkyl halides is 9. The van der Waals surface area contributed by atoms with Crippen molar-refractivity contribution in [2.75, 3.05) is 0 Å². The second kappa shape index (κ2) is 16.6. The van der Waals surface area contributed by atoms with Crippen LogP contribution in [0.1, 0.15) is 22.5 Å². The van der Waals surface area contributed by atoms with E-state index >= 15 is 0 Å². The standard InChI is InChI=1S/C22H22N6.3C2HF3O2/c1-26-11-7-20-21(26)16-27(12-17-5-9-23-10-6-17)13-18-14-28(25-22(18)20)15-19-4-2-3-8-24-19;3*3-2(4,5)1(6)7/h2-11,14H,12-13,15-16H2,1H3;3*(H,6,7). The molecule has 5 heterocycles. The van der Waals surface area contributed by atoms with E-state index in [0.717, 1.165) is 31.0 Å². The first kappa shape index (κ1) is 39.7. The van der Waals surface area contributed by atoms with Crippen LogP contribution in [0, 0.1) is 0 Å². The predicted molar refractivity (Wildman–Crippen MR) is 148 cm³/mol. The van der Waals surface area contributed by atoms with Crippen molar-refractivity contribution in [2.45, 2.75) is 44.7 Å². The molecule has 0 saturated carbocycles. The Kier molecular flexibility index (Phi) is 13.4. The molecule has 4 aromatic rings. The number of aromatic nitrogens is 5. The van der Waals surface area contributed by atoms with E-state index in [1.807, 2.05) is 41.5 Å². The molecular formula is C28H25F9N6O6. The highest BCUT2D eigenvalue weighted by Crippen LogP contribution is 2.33. The van der Waals surface area contributed by atoms with E-state index in [1.165, 1.54) is 22.4 Å². The number of pyridine rings is 2. The van der Waals surface area contributed by atoms with Crippen LogP contribution in [0.25, 0.3) is 11.3 Å². The number of rotatable bonds is 4. The maximum atomic E-state index is 10.6. The normalized spacial score (nSPS) is 12.7. The van der Waals surface area contributed by atoms with Gasteiger partial charge in [0.05, 0.1) is 17.9 Å². The third-order valence-electron chi connectivity index (χ3n) is 5.99. The summed E-state index contributed by atoms with van der Waals surface area (Å²) >= 11 is 0. The molecule has 0 aromatic carbocycles. The van der Waals surface area contributed by atoms with E-state index in [9.17, 15) is 39.5 Å². The minimum Gasteiger partial charge on any atom is -0.475 e. The van der Waals surface area contributed by atoms with E-state index in [4.69, 9.17) is 34.8 Å². The highest BCUT2D eigenvalue weighted by molar-refractivity contribution is 5.73. The molecule has 0 amide bonds. The first-order valence-electron chi connectivity index (χ1n) is 13.2. The number of hydrogen-bond acceptors (Lipinski definition) is 7. The number of aryl methyl sites for hydroxylation is 1. The molecule has 266 valence electrons. The number of aliphatic carboxylic acids is 3. The van der Waals surface area contributed by atoms with Crippen LogP contribution in [0.5, 0.6) is 0 Å². The summed E-state index contributed by atoms with van der Waals surface area (Å²) in [4.78, 5) is 37.7. The highest BCUT2D eigenvalue weighted by Gasteiger charge is 2.39. The van der Waals surface area contributed by atoms with Crippen LogP contribution >= 0.6 is 0 Å². The Morgan fingerprint density at radius 3 is 1.76 bits per heavy atom. The summed E-state index contributed by atoms with van der Waals surface area (Å²) < 4.78 is 99.4. The minimum atomic E-state index is -5.08. The summed E-state index contributed by atoms with van der Waals surface area (Å²) in [5.41, 5.74) is 7.17. The van der Waals surface area contributed by atoms with Gasteiger partial charge in [-0.25, -0.2) is 14.4 Å². The molecule has 4 aromatic heterocycles. The van der Waals surface area contributed by atoms with E-state index < -0.39 is 36.4 Å². The Labute approximate surface area is 269 Å². The van der Waals surface area contributed by atoms with Crippen LogP contribution in [-0.2, 0) is 47.6 Å². The molecule has 0 atom stereocenters. The van der Waals surface area contributed by atoms with Crippen molar-refractivity contribution in [1.82, 2.24) is 29.2 Å². The van der Waals surface area contributed by atoms with Gasteiger partial charge >= 0.3 is 36.4 Å². The first-order chi connectivity index (χ1) is 22.6. The molecule has 0 saturated heterocycles. The number of fused-ring (bicyclic) bond motifs is 3. The lowest BCUT2D eigenvalue weighted by Gasteiger charge is -2.21. The highest BCUT2D eigenvalue weighted by atomic mass is 19.4. The summed E-state index contributed by atoms with van der Waals surface area (Å²) in [7, 11) is 2.11. The molecule has 1 aliphatic rings. The number of hydrogen-bond donors (Lipinski definition) is 3. The van der Waals surface area contributed by atoms with Gasteiger partial charge in [-0.15, -0.1) is 0 Å². The number of carboxylic acids is 3. The minimum absolute atomic E-state index is 0.681. The summed E-state index contributed by atoms with van der Waals surface area (Å²) in [5, 5.41) is 26.3. The van der Waals surface area contributed by atoms with Gasteiger partial charge in [-0.05, 0) is 35.9 Å². The van der Waals surface area contributed by atoms with E-state index in [1.54, 1.807) is 0 Å². The van der Waals surface area contributed by atoms with Crippen molar-refractivity contribution >= 4 is 17.9 Å². The molecule has 5 rings (SSSR count). The van der Waals surface area contributed by atoms with Crippen molar-refractivity contribution in [2.24, 2.45) is 7.05 Å². The average molecular weight is 713 g/mol. The molecule has 0 fully saturated rings. The topological polar surface area (TPSA) is 164 Å². The molecule has 12 nitrogen and oxygen atoms in total. The fraction of sp³-hybridized carbons (Fsp3) is 0.286. The zero-order valence-electron chi connectivity index (χ0n) is 24.8. The maximum Gasteiger partial charge on any atom is 0.490 e. The van der Waals surface area contributed by atoms with Crippen LogP contribution in [-0.4, -0.2) is 81.0 Å². The monoisotopic (exact) mass is 712 g/mol. The second-order valence-corrected chi connectivity index (χ2v) is 9.72. The average Bonchev–Trinajstić information content (AvgIpc) is 3.51. The molecule has 0 unspecified atom stereocenters.